The van der Waals surface area contributed by atoms with Crippen molar-refractivity contribution in [3.05, 3.63) is 11.9 Å². The summed E-state index contributed by atoms with van der Waals surface area (Å²) >= 11 is 1.67. The van der Waals surface area contributed by atoms with Crippen molar-refractivity contribution in [1.82, 2.24) is 9.97 Å². The van der Waals surface area contributed by atoms with Gasteiger partial charge in [0.05, 0.1) is 18.5 Å². The fourth-order valence-corrected chi connectivity index (χ4v) is 2.26. The molecule has 1 aromatic heterocycles. The first-order valence-corrected chi connectivity index (χ1v) is 5.77. The van der Waals surface area contributed by atoms with Gasteiger partial charge in [0.1, 0.15) is 17.5 Å². The average Bonchev–Trinajstić information content (AvgIpc) is 2.24. The van der Waals surface area contributed by atoms with E-state index in [0.717, 1.165) is 18.2 Å². The van der Waals surface area contributed by atoms with Gasteiger partial charge in [-0.05, 0) is 0 Å². The highest BCUT2D eigenvalue weighted by Crippen LogP contribution is 2.27. The largest absolute Gasteiger partial charge is 0.379 e. The summed E-state index contributed by atoms with van der Waals surface area (Å²) in [6.45, 7) is 1.93. The Bertz CT molecular complexity index is 359. The number of aromatic nitrogens is 2. The number of hydrogen-bond donors (Lipinski definition) is 2. The molecule has 1 aromatic rings. The average molecular weight is 242 g/mol. The van der Waals surface area contributed by atoms with Gasteiger partial charge >= 0.3 is 0 Å². The Kier molecular flexibility index (Phi) is 3.94. The molecule has 0 amide bonds. The SMILES string of the molecule is COCc1nc(NN)cc(SC2COC2)n1. The number of rotatable bonds is 5. The van der Waals surface area contributed by atoms with Crippen LogP contribution in [0.5, 0.6) is 0 Å². The molecule has 7 heteroatoms. The van der Waals surface area contributed by atoms with Crippen LogP contribution in [0, 0.1) is 0 Å². The zero-order valence-electron chi connectivity index (χ0n) is 8.97. The highest BCUT2D eigenvalue weighted by Gasteiger charge is 2.20. The van der Waals surface area contributed by atoms with E-state index in [0.29, 0.717) is 23.5 Å². The molecule has 2 rings (SSSR count). The van der Waals surface area contributed by atoms with Crippen LogP contribution in [-0.2, 0) is 16.1 Å². The molecule has 0 aliphatic carbocycles. The summed E-state index contributed by atoms with van der Waals surface area (Å²) in [6, 6.07) is 1.82. The second-order valence-electron chi connectivity index (χ2n) is 3.36. The second kappa shape index (κ2) is 5.44. The summed E-state index contributed by atoms with van der Waals surface area (Å²) in [6.07, 6.45) is 0. The van der Waals surface area contributed by atoms with Crippen LogP contribution in [0.4, 0.5) is 5.82 Å². The van der Waals surface area contributed by atoms with Crippen LogP contribution in [0.2, 0.25) is 0 Å². The molecular weight excluding hydrogens is 228 g/mol. The van der Waals surface area contributed by atoms with E-state index in [9.17, 15) is 0 Å². The number of nitrogens with one attached hydrogen (secondary N) is 1. The molecule has 2 heterocycles. The Morgan fingerprint density at radius 1 is 1.62 bits per heavy atom. The monoisotopic (exact) mass is 242 g/mol. The fourth-order valence-electron chi connectivity index (χ4n) is 1.25. The van der Waals surface area contributed by atoms with Crippen molar-refractivity contribution in [2.24, 2.45) is 5.84 Å². The molecule has 0 unspecified atom stereocenters. The van der Waals surface area contributed by atoms with Crippen LogP contribution in [0.3, 0.4) is 0 Å². The lowest BCUT2D eigenvalue weighted by atomic mass is 10.4. The Morgan fingerprint density at radius 2 is 2.44 bits per heavy atom. The third-order valence-corrected chi connectivity index (χ3v) is 3.12. The number of anilines is 1. The minimum Gasteiger partial charge on any atom is -0.379 e. The van der Waals surface area contributed by atoms with E-state index in [1.807, 2.05) is 6.07 Å². The number of nitrogens with two attached hydrogens (primary N) is 1. The molecule has 1 aliphatic rings. The lowest BCUT2D eigenvalue weighted by Gasteiger charge is -2.24. The van der Waals surface area contributed by atoms with Crippen molar-refractivity contribution in [2.45, 2.75) is 16.9 Å². The normalized spacial score (nSPS) is 15.9. The van der Waals surface area contributed by atoms with Gasteiger partial charge in [0.15, 0.2) is 5.82 Å². The van der Waals surface area contributed by atoms with Gasteiger partial charge in [0.2, 0.25) is 0 Å². The van der Waals surface area contributed by atoms with Gasteiger partial charge in [0.25, 0.3) is 0 Å². The first-order chi connectivity index (χ1) is 7.81. The maximum Gasteiger partial charge on any atom is 0.157 e. The Hall–Kier alpha value is -0.890. The van der Waals surface area contributed by atoms with Crippen molar-refractivity contribution in [2.75, 3.05) is 25.7 Å². The van der Waals surface area contributed by atoms with Crippen molar-refractivity contribution < 1.29 is 9.47 Å². The van der Waals surface area contributed by atoms with Crippen molar-refractivity contribution in [3.8, 4) is 0 Å². The predicted octanol–water partition coefficient (Wildman–Crippen LogP) is 0.399. The zero-order valence-corrected chi connectivity index (χ0v) is 9.79. The van der Waals surface area contributed by atoms with Crippen LogP contribution in [0.1, 0.15) is 5.82 Å². The minimum atomic E-state index is 0.379. The van der Waals surface area contributed by atoms with Crippen molar-refractivity contribution in [3.63, 3.8) is 0 Å². The summed E-state index contributed by atoms with van der Waals surface area (Å²) < 4.78 is 10.1. The quantitative estimate of drug-likeness (QED) is 0.439. The highest BCUT2D eigenvalue weighted by molar-refractivity contribution is 8.00. The molecule has 0 radical (unpaired) electrons. The number of hydrogen-bond acceptors (Lipinski definition) is 7. The molecule has 1 fully saturated rings. The van der Waals surface area contributed by atoms with E-state index in [1.165, 1.54) is 0 Å². The van der Waals surface area contributed by atoms with E-state index in [1.54, 1.807) is 18.9 Å². The van der Waals surface area contributed by atoms with Crippen LogP contribution < -0.4 is 11.3 Å². The highest BCUT2D eigenvalue weighted by atomic mass is 32.2. The van der Waals surface area contributed by atoms with Gasteiger partial charge in [-0.1, -0.05) is 11.8 Å². The van der Waals surface area contributed by atoms with Gasteiger partial charge in [-0.15, -0.1) is 0 Å². The summed E-state index contributed by atoms with van der Waals surface area (Å²) in [5, 5.41) is 1.37. The Balaban J connectivity index is 2.11. The van der Waals surface area contributed by atoms with Crippen molar-refractivity contribution in [1.29, 1.82) is 0 Å². The maximum atomic E-state index is 5.35. The van der Waals surface area contributed by atoms with E-state index in [-0.39, 0.29) is 0 Å². The molecular formula is C9H14N4O2S. The minimum absolute atomic E-state index is 0.379. The van der Waals surface area contributed by atoms with Gasteiger partial charge < -0.3 is 14.9 Å². The molecule has 1 saturated heterocycles. The maximum absolute atomic E-state index is 5.35. The summed E-state index contributed by atoms with van der Waals surface area (Å²) in [7, 11) is 1.61. The summed E-state index contributed by atoms with van der Waals surface area (Å²) in [5.41, 5.74) is 2.52. The van der Waals surface area contributed by atoms with Crippen molar-refractivity contribution >= 4 is 17.6 Å². The third-order valence-electron chi connectivity index (χ3n) is 2.07. The third kappa shape index (κ3) is 2.82. The van der Waals surface area contributed by atoms with Gasteiger partial charge in [0, 0.05) is 13.2 Å². The number of nitrogens with zero attached hydrogens (tertiary/aromatic N) is 2. The van der Waals surface area contributed by atoms with Gasteiger partial charge in [-0.2, -0.15) is 0 Å². The first kappa shape index (κ1) is 11.6. The zero-order chi connectivity index (χ0) is 11.4. The van der Waals surface area contributed by atoms with E-state index in [2.05, 4.69) is 15.4 Å². The molecule has 3 N–H and O–H groups in total. The molecule has 1 aliphatic heterocycles. The van der Waals surface area contributed by atoms with Crippen LogP contribution in [0.15, 0.2) is 11.1 Å². The lowest BCUT2D eigenvalue weighted by molar-refractivity contribution is 0.0454. The predicted molar refractivity (Wildman–Crippen MR) is 61.0 cm³/mol. The topological polar surface area (TPSA) is 82.3 Å². The molecule has 0 aromatic carbocycles. The lowest BCUT2D eigenvalue weighted by Crippen LogP contribution is -2.30. The van der Waals surface area contributed by atoms with E-state index >= 15 is 0 Å². The molecule has 0 spiro atoms. The Morgan fingerprint density at radius 3 is 3.00 bits per heavy atom. The van der Waals surface area contributed by atoms with Gasteiger partial charge in [-0.3, -0.25) is 0 Å². The molecule has 0 saturated carbocycles. The number of ether oxygens (including phenoxy) is 2. The molecule has 88 valence electrons. The number of methoxy groups -OCH3 is 1. The van der Waals surface area contributed by atoms with E-state index in [4.69, 9.17) is 15.3 Å². The molecule has 6 nitrogen and oxygen atoms in total. The van der Waals surface area contributed by atoms with Crippen LogP contribution in [0.25, 0.3) is 0 Å². The number of nitrogen functional groups attached to an aromatic ring is 1. The number of hydrazine groups is 1. The smallest absolute Gasteiger partial charge is 0.157 e. The molecule has 16 heavy (non-hydrogen) atoms. The summed E-state index contributed by atoms with van der Waals surface area (Å²) in [5.74, 6) is 6.57. The molecule has 0 atom stereocenters. The van der Waals surface area contributed by atoms with E-state index < -0.39 is 0 Å². The second-order valence-corrected chi connectivity index (χ2v) is 4.68. The van der Waals surface area contributed by atoms with Crippen LogP contribution in [-0.4, -0.2) is 35.5 Å². The fraction of sp³-hybridized carbons (Fsp3) is 0.556. The van der Waals surface area contributed by atoms with Gasteiger partial charge in [-0.25, -0.2) is 15.8 Å². The van der Waals surface area contributed by atoms with Crippen LogP contribution >= 0.6 is 11.8 Å². The standard InChI is InChI=1S/C9H14N4O2S/c1-14-5-8-11-7(13-10)2-9(12-8)16-6-3-15-4-6/h2,6H,3-5,10H2,1H3,(H,11,12,13). The molecule has 0 bridgehead atoms. The first-order valence-electron chi connectivity index (χ1n) is 4.89. The number of thioether (sulfide) groups is 1. The summed E-state index contributed by atoms with van der Waals surface area (Å²) in [4.78, 5) is 8.54. The Labute approximate surface area is 97.9 Å².